The third-order valence-corrected chi connectivity index (χ3v) is 8.16. The van der Waals surface area contributed by atoms with E-state index in [0.29, 0.717) is 30.4 Å². The zero-order valence-electron chi connectivity index (χ0n) is 21.1. The molecule has 196 valence electrons. The highest BCUT2D eigenvalue weighted by Gasteiger charge is 2.31. The summed E-state index contributed by atoms with van der Waals surface area (Å²) in [6.45, 7) is 2.94. The highest BCUT2D eigenvalue weighted by molar-refractivity contribution is 5.91. The van der Waals surface area contributed by atoms with Crippen LogP contribution in [0.15, 0.2) is 36.4 Å². The molecule has 0 aromatic heterocycles. The molecule has 4 rings (SSSR count). The number of hydrogen-bond donors (Lipinski definition) is 0. The largest absolute Gasteiger partial charge is 0.493 e. The summed E-state index contributed by atoms with van der Waals surface area (Å²) in [6.07, 6.45) is 14.8. The van der Waals surface area contributed by atoms with Gasteiger partial charge in [0.05, 0.1) is 12.2 Å². The summed E-state index contributed by atoms with van der Waals surface area (Å²) in [6, 6.07) is 7.74. The second-order valence-electron chi connectivity index (χ2n) is 10.6. The number of hydrogen-bond acceptors (Lipinski definition) is 3. The summed E-state index contributed by atoms with van der Waals surface area (Å²) in [5.74, 6) is -1.63. The number of rotatable bonds is 9. The normalized spacial score (nSPS) is 24.3. The molecule has 0 atom stereocenters. The third kappa shape index (κ3) is 7.04. The maximum absolute atomic E-state index is 13.3. The van der Waals surface area contributed by atoms with Gasteiger partial charge >= 0.3 is 5.97 Å². The Morgan fingerprint density at radius 2 is 1.36 bits per heavy atom. The van der Waals surface area contributed by atoms with Crippen LogP contribution in [0.4, 0.5) is 13.2 Å². The van der Waals surface area contributed by atoms with Crippen molar-refractivity contribution in [2.75, 3.05) is 6.61 Å². The first-order chi connectivity index (χ1) is 17.4. The molecular weight excluding hydrogens is 465 g/mol. The zero-order chi connectivity index (χ0) is 25.5. The molecule has 0 N–H and O–H groups in total. The van der Waals surface area contributed by atoms with Crippen LogP contribution in [0.1, 0.15) is 87.9 Å². The number of halogens is 3. The van der Waals surface area contributed by atoms with Gasteiger partial charge in [-0.25, -0.2) is 18.0 Å². The lowest BCUT2D eigenvalue weighted by Gasteiger charge is -2.37. The summed E-state index contributed by atoms with van der Waals surface area (Å²) in [5.41, 5.74) is 0.206. The fraction of sp³-hybridized carbons (Fsp3) is 0.567. The van der Waals surface area contributed by atoms with Crippen molar-refractivity contribution >= 4 is 5.97 Å². The fourth-order valence-electron chi connectivity index (χ4n) is 5.93. The molecular formula is C30H37F3O3. The van der Waals surface area contributed by atoms with Gasteiger partial charge in [0, 0.05) is 12.1 Å². The highest BCUT2D eigenvalue weighted by Crippen LogP contribution is 2.42. The van der Waals surface area contributed by atoms with Crippen LogP contribution in [0.2, 0.25) is 0 Å². The van der Waals surface area contributed by atoms with Gasteiger partial charge in [-0.1, -0.05) is 39.0 Å². The quantitative estimate of drug-likeness (QED) is 0.196. The average molecular weight is 503 g/mol. The SMILES string of the molecule is CCCC[C@H]1CC[C@H]([C@H]2CC[C@H](COc3ccc(C(=O)Oc4cc(F)c(F)c(F)c4)cc3)CC2)CC1. The van der Waals surface area contributed by atoms with Gasteiger partial charge in [-0.2, -0.15) is 0 Å². The first-order valence-corrected chi connectivity index (χ1v) is 13.5. The maximum atomic E-state index is 13.3. The van der Waals surface area contributed by atoms with Crippen molar-refractivity contribution < 1.29 is 27.4 Å². The minimum absolute atomic E-state index is 0.206. The van der Waals surface area contributed by atoms with Crippen molar-refractivity contribution in [3.8, 4) is 11.5 Å². The van der Waals surface area contributed by atoms with Crippen molar-refractivity contribution in [1.82, 2.24) is 0 Å². The van der Waals surface area contributed by atoms with Crippen molar-refractivity contribution in [2.45, 2.75) is 77.6 Å². The summed E-state index contributed by atoms with van der Waals surface area (Å²) in [4.78, 5) is 12.3. The lowest BCUT2D eigenvalue weighted by Crippen LogP contribution is -2.27. The lowest BCUT2D eigenvalue weighted by molar-refractivity contribution is 0.0733. The Hall–Kier alpha value is -2.50. The van der Waals surface area contributed by atoms with E-state index < -0.39 is 29.2 Å². The molecule has 0 bridgehead atoms. The molecule has 2 aliphatic carbocycles. The van der Waals surface area contributed by atoms with Crippen LogP contribution in [0, 0.1) is 41.1 Å². The number of unbranched alkanes of at least 4 members (excludes halogenated alkanes) is 1. The molecule has 0 saturated heterocycles. The molecule has 2 aliphatic rings. The van der Waals surface area contributed by atoms with Gasteiger partial charge in [-0.05, 0) is 86.5 Å². The number of benzene rings is 2. The molecule has 0 aliphatic heterocycles. The van der Waals surface area contributed by atoms with E-state index >= 15 is 0 Å². The summed E-state index contributed by atoms with van der Waals surface area (Å²) in [5, 5.41) is 0. The smallest absolute Gasteiger partial charge is 0.343 e. The minimum atomic E-state index is -1.60. The van der Waals surface area contributed by atoms with Gasteiger partial charge in [0.15, 0.2) is 17.5 Å². The minimum Gasteiger partial charge on any atom is -0.493 e. The van der Waals surface area contributed by atoms with E-state index in [0.717, 1.165) is 17.8 Å². The molecule has 2 fully saturated rings. The number of esters is 1. The van der Waals surface area contributed by atoms with E-state index in [4.69, 9.17) is 9.47 Å². The van der Waals surface area contributed by atoms with Crippen LogP contribution in [-0.4, -0.2) is 12.6 Å². The highest BCUT2D eigenvalue weighted by atomic mass is 19.2. The van der Waals surface area contributed by atoms with Gasteiger partial charge in [-0.3, -0.25) is 0 Å². The van der Waals surface area contributed by atoms with Gasteiger partial charge < -0.3 is 9.47 Å². The van der Waals surface area contributed by atoms with E-state index in [1.165, 1.54) is 70.6 Å². The Bertz CT molecular complexity index is 968. The molecule has 0 radical (unpaired) electrons. The topological polar surface area (TPSA) is 35.5 Å². The number of carbonyl (C=O) groups is 1. The van der Waals surface area contributed by atoms with Crippen LogP contribution in [0.3, 0.4) is 0 Å². The molecule has 0 unspecified atom stereocenters. The average Bonchev–Trinajstić information content (AvgIpc) is 2.90. The van der Waals surface area contributed by atoms with E-state index in [2.05, 4.69) is 6.92 Å². The molecule has 6 heteroatoms. The molecule has 0 heterocycles. The van der Waals surface area contributed by atoms with E-state index in [1.54, 1.807) is 24.3 Å². The number of ether oxygens (including phenoxy) is 2. The van der Waals surface area contributed by atoms with Gasteiger partial charge in [0.1, 0.15) is 11.5 Å². The Kier molecular flexibility index (Phi) is 9.33. The van der Waals surface area contributed by atoms with Crippen LogP contribution in [0.25, 0.3) is 0 Å². The van der Waals surface area contributed by atoms with Gasteiger partial charge in [-0.15, -0.1) is 0 Å². The monoisotopic (exact) mass is 502 g/mol. The maximum Gasteiger partial charge on any atom is 0.343 e. The number of carbonyl (C=O) groups excluding carboxylic acids is 1. The molecule has 2 aromatic rings. The van der Waals surface area contributed by atoms with E-state index in [9.17, 15) is 18.0 Å². The Labute approximate surface area is 212 Å². The van der Waals surface area contributed by atoms with Crippen molar-refractivity contribution in [2.24, 2.45) is 23.7 Å². The summed E-state index contributed by atoms with van der Waals surface area (Å²) in [7, 11) is 0. The first-order valence-electron chi connectivity index (χ1n) is 13.5. The van der Waals surface area contributed by atoms with Gasteiger partial charge in [0.25, 0.3) is 0 Å². The van der Waals surface area contributed by atoms with Crippen LogP contribution >= 0.6 is 0 Å². The molecule has 36 heavy (non-hydrogen) atoms. The Morgan fingerprint density at radius 1 is 0.806 bits per heavy atom. The van der Waals surface area contributed by atoms with Crippen LogP contribution in [0.5, 0.6) is 11.5 Å². The fourth-order valence-corrected chi connectivity index (χ4v) is 5.93. The predicted molar refractivity (Wildman–Crippen MR) is 134 cm³/mol. The Morgan fingerprint density at radius 3 is 1.92 bits per heavy atom. The van der Waals surface area contributed by atoms with Crippen LogP contribution < -0.4 is 9.47 Å². The molecule has 2 saturated carbocycles. The standard InChI is InChI=1S/C30H37F3O3/c1-2-3-4-20-5-9-22(10-6-20)23-11-7-21(8-12-23)19-35-25-15-13-24(14-16-25)30(34)36-26-17-27(31)29(33)28(32)18-26/h13-18,20-23H,2-12,19H2,1H3/t20-,21-,22-,23-. The van der Waals surface area contributed by atoms with Crippen molar-refractivity contribution in [3.63, 3.8) is 0 Å². The van der Waals surface area contributed by atoms with E-state index in [1.807, 2.05) is 0 Å². The zero-order valence-corrected chi connectivity index (χ0v) is 21.1. The van der Waals surface area contributed by atoms with Gasteiger partial charge in [0.2, 0.25) is 0 Å². The first kappa shape index (κ1) is 26.6. The summed E-state index contributed by atoms with van der Waals surface area (Å²) >= 11 is 0. The Balaban J connectivity index is 1.18. The predicted octanol–water partition coefficient (Wildman–Crippen LogP) is 8.50. The summed E-state index contributed by atoms with van der Waals surface area (Å²) < 4.78 is 50.7. The molecule has 0 amide bonds. The molecule has 2 aromatic carbocycles. The van der Waals surface area contributed by atoms with E-state index in [-0.39, 0.29) is 5.56 Å². The second kappa shape index (κ2) is 12.6. The van der Waals surface area contributed by atoms with Crippen molar-refractivity contribution in [1.29, 1.82) is 0 Å². The second-order valence-corrected chi connectivity index (χ2v) is 10.6. The van der Waals surface area contributed by atoms with Crippen LogP contribution in [-0.2, 0) is 0 Å². The lowest BCUT2D eigenvalue weighted by atomic mass is 9.69. The van der Waals surface area contributed by atoms with Crippen molar-refractivity contribution in [3.05, 3.63) is 59.4 Å². The third-order valence-electron chi connectivity index (χ3n) is 8.16. The molecule has 3 nitrogen and oxygen atoms in total. The molecule has 0 spiro atoms.